The van der Waals surface area contributed by atoms with E-state index < -0.39 is 0 Å². The molecule has 1 aliphatic heterocycles. The van der Waals surface area contributed by atoms with Crippen LogP contribution < -0.4 is 11.1 Å². The van der Waals surface area contributed by atoms with Crippen molar-refractivity contribution in [1.29, 1.82) is 0 Å². The molecule has 2 amide bonds. The summed E-state index contributed by atoms with van der Waals surface area (Å²) in [4.78, 5) is 28.3. The van der Waals surface area contributed by atoms with E-state index in [-0.39, 0.29) is 7.46 Å². The van der Waals surface area contributed by atoms with E-state index in [0.717, 1.165) is 21.8 Å². The fourth-order valence-electron chi connectivity index (χ4n) is 2.71. The fourth-order valence-corrected chi connectivity index (χ4v) is 3.40. The number of carbonyl (C=O) groups is 1. The fraction of sp³-hybridized carbons (Fsp3) is 0.176. The van der Waals surface area contributed by atoms with Gasteiger partial charge in [-0.1, -0.05) is 6.07 Å². The summed E-state index contributed by atoms with van der Waals surface area (Å²) in [5.74, 6) is 1.07. The number of aryl methyl sites for hydroxylation is 1. The molecule has 8 heteroatoms. The molecule has 0 radical (unpaired) electrons. The van der Waals surface area contributed by atoms with Gasteiger partial charge in [0.05, 0.1) is 35.0 Å². The minimum atomic E-state index is -0.252. The van der Waals surface area contributed by atoms with Crippen molar-refractivity contribution in [3.8, 4) is 10.6 Å². The van der Waals surface area contributed by atoms with Crippen LogP contribution in [0.2, 0.25) is 0 Å². The zero-order valence-electron chi connectivity index (χ0n) is 13.6. The van der Waals surface area contributed by atoms with Crippen LogP contribution in [0.1, 0.15) is 18.5 Å². The molecule has 3 aromatic heterocycles. The van der Waals surface area contributed by atoms with Gasteiger partial charge < -0.3 is 10.6 Å². The Morgan fingerprint density at radius 3 is 3.00 bits per heavy atom. The molecule has 4 rings (SSSR count). The summed E-state index contributed by atoms with van der Waals surface area (Å²) < 4.78 is 0. The topological polar surface area (TPSA) is 97.0 Å². The lowest BCUT2D eigenvalue weighted by atomic mass is 10.3. The number of nitrogens with one attached hydrogen (secondary N) is 1. The van der Waals surface area contributed by atoms with Gasteiger partial charge in [-0.25, -0.2) is 19.7 Å². The van der Waals surface area contributed by atoms with Crippen LogP contribution in [0, 0.1) is 6.92 Å². The molecule has 3 N–H and O–H groups in total. The van der Waals surface area contributed by atoms with Crippen molar-refractivity contribution in [3.63, 3.8) is 0 Å². The summed E-state index contributed by atoms with van der Waals surface area (Å²) in [6, 6.07) is 7.29. The Hall–Kier alpha value is -3.00. The number of anilines is 2. The largest absolute Gasteiger partial charge is 0.396 e. The standard InChI is InChI=1S/C17H16N6OS.H2/c1-10-19-7-11-8-23(9-14(11)20-10)17(24)22-16-12(18)4-5-13(21-16)15-3-2-6-25-15;/h2-7H,8-9,18H2,1H3,(H,21,22,24);1H. The van der Waals surface area contributed by atoms with Crippen LogP contribution in [0.4, 0.5) is 16.3 Å². The van der Waals surface area contributed by atoms with Gasteiger partial charge in [0.15, 0.2) is 5.82 Å². The molecule has 0 unspecified atom stereocenters. The number of urea groups is 1. The van der Waals surface area contributed by atoms with E-state index in [1.165, 1.54) is 0 Å². The number of hydrogen-bond acceptors (Lipinski definition) is 6. The van der Waals surface area contributed by atoms with Crippen molar-refractivity contribution in [2.75, 3.05) is 11.1 Å². The summed E-state index contributed by atoms with van der Waals surface area (Å²) >= 11 is 1.59. The van der Waals surface area contributed by atoms with Gasteiger partial charge in [0, 0.05) is 13.2 Å². The van der Waals surface area contributed by atoms with Crippen LogP contribution in [0.5, 0.6) is 0 Å². The monoisotopic (exact) mass is 354 g/mol. The first kappa shape index (κ1) is 15.5. The Morgan fingerprint density at radius 1 is 1.32 bits per heavy atom. The van der Waals surface area contributed by atoms with Gasteiger partial charge >= 0.3 is 6.03 Å². The molecule has 0 aromatic carbocycles. The molecule has 128 valence electrons. The van der Waals surface area contributed by atoms with Gasteiger partial charge in [0.1, 0.15) is 5.82 Å². The number of nitrogen functional groups attached to an aromatic ring is 1. The molecule has 4 heterocycles. The molecule has 0 saturated carbocycles. The quantitative estimate of drug-likeness (QED) is 0.736. The van der Waals surface area contributed by atoms with E-state index in [9.17, 15) is 4.79 Å². The molecule has 0 fully saturated rings. The number of thiophene rings is 1. The predicted molar refractivity (Wildman–Crippen MR) is 99.1 cm³/mol. The third-order valence-corrected chi connectivity index (χ3v) is 4.88. The molecule has 0 atom stereocenters. The minimum Gasteiger partial charge on any atom is -0.396 e. The molecule has 25 heavy (non-hydrogen) atoms. The van der Waals surface area contributed by atoms with E-state index in [1.807, 2.05) is 30.5 Å². The number of aromatic nitrogens is 3. The van der Waals surface area contributed by atoms with Gasteiger partial charge in [0.2, 0.25) is 0 Å². The summed E-state index contributed by atoms with van der Waals surface area (Å²) in [5.41, 5.74) is 9.05. The highest BCUT2D eigenvalue weighted by atomic mass is 32.1. The Kier molecular flexibility index (Phi) is 3.81. The number of rotatable bonds is 2. The number of nitrogens with zero attached hydrogens (tertiary/aromatic N) is 4. The lowest BCUT2D eigenvalue weighted by molar-refractivity contribution is 0.212. The molecule has 7 nitrogen and oxygen atoms in total. The third kappa shape index (κ3) is 3.03. The molecule has 0 bridgehead atoms. The zero-order chi connectivity index (χ0) is 17.4. The van der Waals surface area contributed by atoms with Gasteiger partial charge in [-0.05, 0) is 30.5 Å². The van der Waals surface area contributed by atoms with Crippen molar-refractivity contribution >= 4 is 28.9 Å². The van der Waals surface area contributed by atoms with E-state index in [1.54, 1.807) is 28.5 Å². The van der Waals surface area contributed by atoms with Crippen LogP contribution in [0.25, 0.3) is 10.6 Å². The van der Waals surface area contributed by atoms with E-state index in [2.05, 4.69) is 20.3 Å². The van der Waals surface area contributed by atoms with Crippen LogP contribution in [0.3, 0.4) is 0 Å². The Bertz CT molecular complexity index is 946. The van der Waals surface area contributed by atoms with Crippen molar-refractivity contribution in [1.82, 2.24) is 19.9 Å². The third-order valence-electron chi connectivity index (χ3n) is 3.99. The van der Waals surface area contributed by atoms with Gasteiger partial charge in [-0.2, -0.15) is 0 Å². The van der Waals surface area contributed by atoms with Gasteiger partial charge in [-0.3, -0.25) is 5.32 Å². The number of pyridine rings is 1. The van der Waals surface area contributed by atoms with E-state index in [0.29, 0.717) is 30.4 Å². The maximum absolute atomic E-state index is 12.6. The van der Waals surface area contributed by atoms with E-state index in [4.69, 9.17) is 5.73 Å². The Balaban J connectivity index is 0.00000196. The number of nitrogens with two attached hydrogens (primary N) is 1. The SMILES string of the molecule is Cc1ncc2c(n1)CN(C(=O)Nc1nc(-c3cccs3)ccc1N)C2.[HH]. The van der Waals surface area contributed by atoms with Crippen LogP contribution >= 0.6 is 11.3 Å². The maximum atomic E-state index is 12.6. The van der Waals surface area contributed by atoms with Crippen molar-refractivity contribution in [3.05, 3.63) is 52.9 Å². The first-order valence-corrected chi connectivity index (χ1v) is 8.66. The number of hydrogen-bond donors (Lipinski definition) is 2. The number of carbonyl (C=O) groups excluding carboxylic acids is 1. The lowest BCUT2D eigenvalue weighted by Gasteiger charge is -2.16. The second-order valence-electron chi connectivity index (χ2n) is 5.79. The average Bonchev–Trinajstić information content (AvgIpc) is 3.25. The van der Waals surface area contributed by atoms with Gasteiger partial charge in [-0.15, -0.1) is 11.3 Å². The normalized spacial score (nSPS) is 12.9. The predicted octanol–water partition coefficient (Wildman–Crippen LogP) is 3.28. The van der Waals surface area contributed by atoms with Crippen LogP contribution in [-0.4, -0.2) is 25.9 Å². The molecular weight excluding hydrogens is 336 g/mol. The maximum Gasteiger partial charge on any atom is 0.323 e. The Morgan fingerprint density at radius 2 is 2.20 bits per heavy atom. The minimum absolute atomic E-state index is 0. The summed E-state index contributed by atoms with van der Waals surface area (Å²) in [5, 5.41) is 4.79. The average molecular weight is 354 g/mol. The highest BCUT2D eigenvalue weighted by molar-refractivity contribution is 7.13. The highest BCUT2D eigenvalue weighted by Gasteiger charge is 2.25. The summed E-state index contributed by atoms with van der Waals surface area (Å²) in [6.45, 7) is 2.77. The lowest BCUT2D eigenvalue weighted by Crippen LogP contribution is -2.31. The smallest absolute Gasteiger partial charge is 0.323 e. The summed E-state index contributed by atoms with van der Waals surface area (Å²) in [7, 11) is 0. The first-order chi connectivity index (χ1) is 12.1. The van der Waals surface area contributed by atoms with Crippen molar-refractivity contribution < 1.29 is 6.22 Å². The second kappa shape index (κ2) is 6.14. The number of fused-ring (bicyclic) bond motifs is 1. The van der Waals surface area contributed by atoms with Crippen molar-refractivity contribution in [2.24, 2.45) is 0 Å². The number of amides is 2. The van der Waals surface area contributed by atoms with Crippen LogP contribution in [0.15, 0.2) is 35.8 Å². The highest BCUT2D eigenvalue weighted by Crippen LogP contribution is 2.27. The molecular formula is C17H18N6OS. The molecule has 1 aliphatic rings. The van der Waals surface area contributed by atoms with Crippen LogP contribution in [-0.2, 0) is 13.1 Å². The molecule has 0 saturated heterocycles. The second-order valence-corrected chi connectivity index (χ2v) is 6.73. The first-order valence-electron chi connectivity index (χ1n) is 7.78. The zero-order valence-corrected chi connectivity index (χ0v) is 14.4. The van der Waals surface area contributed by atoms with Gasteiger partial charge in [0.25, 0.3) is 0 Å². The molecule has 0 spiro atoms. The molecule has 0 aliphatic carbocycles. The van der Waals surface area contributed by atoms with E-state index >= 15 is 0 Å². The molecule has 3 aromatic rings. The Labute approximate surface area is 150 Å². The van der Waals surface area contributed by atoms with Crippen molar-refractivity contribution in [2.45, 2.75) is 20.0 Å². The summed E-state index contributed by atoms with van der Waals surface area (Å²) in [6.07, 6.45) is 1.77.